The first-order chi connectivity index (χ1) is 13.0. The molecule has 6 heteroatoms. The number of benzene rings is 1. The average Bonchev–Trinajstić information content (AvgIpc) is 3.36. The summed E-state index contributed by atoms with van der Waals surface area (Å²) in [7, 11) is 0. The Morgan fingerprint density at radius 2 is 1.96 bits per heavy atom. The number of aromatic nitrogens is 2. The van der Waals surface area contributed by atoms with Gasteiger partial charge in [0.2, 0.25) is 11.8 Å². The zero-order valence-electron chi connectivity index (χ0n) is 15.9. The van der Waals surface area contributed by atoms with Crippen LogP contribution in [0.3, 0.4) is 0 Å². The summed E-state index contributed by atoms with van der Waals surface area (Å²) in [6.07, 6.45) is 2.15. The van der Waals surface area contributed by atoms with E-state index in [1.807, 2.05) is 56.0 Å². The third kappa shape index (κ3) is 3.27. The number of oxazole rings is 1. The van der Waals surface area contributed by atoms with E-state index in [2.05, 4.69) is 10.1 Å². The summed E-state index contributed by atoms with van der Waals surface area (Å²) in [5, 5.41) is 4.05. The summed E-state index contributed by atoms with van der Waals surface area (Å²) in [6.45, 7) is 6.44. The summed E-state index contributed by atoms with van der Waals surface area (Å²) in [4.78, 5) is 19.5. The molecular weight excluding hydrogens is 342 g/mol. The van der Waals surface area contributed by atoms with Crippen molar-refractivity contribution in [2.45, 2.75) is 46.1 Å². The van der Waals surface area contributed by atoms with Crippen LogP contribution in [0.25, 0.3) is 11.5 Å². The highest BCUT2D eigenvalue weighted by Gasteiger charge is 2.34. The summed E-state index contributed by atoms with van der Waals surface area (Å²) >= 11 is 0. The number of likely N-dealkylation sites (tertiary alicyclic amines) is 1. The fourth-order valence-electron chi connectivity index (χ4n) is 3.87. The molecule has 140 valence electrons. The molecule has 0 radical (unpaired) electrons. The quantitative estimate of drug-likeness (QED) is 0.694. The summed E-state index contributed by atoms with van der Waals surface area (Å²) in [5.41, 5.74) is 3.52. The van der Waals surface area contributed by atoms with Crippen molar-refractivity contribution in [3.8, 4) is 11.5 Å². The van der Waals surface area contributed by atoms with Crippen LogP contribution in [-0.4, -0.2) is 27.5 Å². The molecule has 1 unspecified atom stereocenters. The number of rotatable bonds is 4. The van der Waals surface area contributed by atoms with Gasteiger partial charge in [0.25, 0.3) is 0 Å². The summed E-state index contributed by atoms with van der Waals surface area (Å²) in [5.74, 6) is 2.10. The van der Waals surface area contributed by atoms with Crippen LogP contribution in [0.1, 0.15) is 47.4 Å². The first kappa shape index (κ1) is 17.5. The SMILES string of the molecule is Cc1noc(C)c1C1CCCN1C(=O)Cc1nc(-c2ccccc2)oc1C. The van der Waals surface area contributed by atoms with E-state index in [0.717, 1.165) is 42.0 Å². The Morgan fingerprint density at radius 1 is 1.19 bits per heavy atom. The molecule has 1 atom stereocenters. The van der Waals surface area contributed by atoms with E-state index in [-0.39, 0.29) is 18.4 Å². The third-order valence-electron chi connectivity index (χ3n) is 5.23. The highest BCUT2D eigenvalue weighted by atomic mass is 16.5. The normalized spacial score (nSPS) is 16.9. The maximum Gasteiger partial charge on any atom is 0.229 e. The van der Waals surface area contributed by atoms with Gasteiger partial charge in [-0.1, -0.05) is 23.4 Å². The second-order valence-electron chi connectivity index (χ2n) is 7.05. The van der Waals surface area contributed by atoms with Crippen LogP contribution in [0, 0.1) is 20.8 Å². The van der Waals surface area contributed by atoms with Gasteiger partial charge in [0, 0.05) is 17.7 Å². The minimum Gasteiger partial charge on any atom is -0.441 e. The molecule has 0 bridgehead atoms. The van der Waals surface area contributed by atoms with Gasteiger partial charge in [0.15, 0.2) is 0 Å². The van der Waals surface area contributed by atoms with E-state index in [4.69, 9.17) is 8.94 Å². The van der Waals surface area contributed by atoms with Crippen LogP contribution >= 0.6 is 0 Å². The van der Waals surface area contributed by atoms with Gasteiger partial charge in [-0.2, -0.15) is 0 Å². The number of nitrogens with zero attached hydrogens (tertiary/aromatic N) is 3. The molecule has 1 saturated heterocycles. The van der Waals surface area contributed by atoms with E-state index < -0.39 is 0 Å². The third-order valence-corrected chi connectivity index (χ3v) is 5.23. The van der Waals surface area contributed by atoms with Gasteiger partial charge in [0.05, 0.1) is 23.9 Å². The lowest BCUT2D eigenvalue weighted by Crippen LogP contribution is -2.32. The van der Waals surface area contributed by atoms with Gasteiger partial charge in [0.1, 0.15) is 11.5 Å². The van der Waals surface area contributed by atoms with Crippen molar-refractivity contribution in [1.29, 1.82) is 0 Å². The van der Waals surface area contributed by atoms with Gasteiger partial charge in [-0.3, -0.25) is 4.79 Å². The molecule has 4 rings (SSSR count). The molecule has 3 heterocycles. The molecule has 6 nitrogen and oxygen atoms in total. The predicted octanol–water partition coefficient (Wildman–Crippen LogP) is 4.16. The minimum atomic E-state index is 0.0320. The topological polar surface area (TPSA) is 72.4 Å². The molecule has 2 aromatic heterocycles. The Labute approximate surface area is 158 Å². The molecular formula is C21H23N3O3. The van der Waals surface area contributed by atoms with Crippen molar-refractivity contribution >= 4 is 5.91 Å². The Morgan fingerprint density at radius 3 is 2.67 bits per heavy atom. The Hall–Kier alpha value is -2.89. The zero-order valence-corrected chi connectivity index (χ0v) is 15.9. The second-order valence-corrected chi connectivity index (χ2v) is 7.05. The molecule has 1 fully saturated rings. The fraction of sp³-hybridized carbons (Fsp3) is 0.381. The standard InChI is InChI=1S/C21H23N3O3/c1-13-20(15(3)27-23-13)18-10-7-11-24(18)19(25)12-17-14(2)26-21(22-17)16-8-5-4-6-9-16/h4-6,8-9,18H,7,10-12H2,1-3H3. The Bertz CT molecular complexity index is 939. The Kier molecular flexibility index (Phi) is 4.56. The van der Waals surface area contributed by atoms with Crippen LogP contribution in [0.15, 0.2) is 39.3 Å². The van der Waals surface area contributed by atoms with Crippen molar-refractivity contribution in [1.82, 2.24) is 15.0 Å². The Balaban J connectivity index is 1.55. The van der Waals surface area contributed by atoms with Crippen molar-refractivity contribution in [3.05, 3.63) is 58.8 Å². The van der Waals surface area contributed by atoms with Gasteiger partial charge in [-0.15, -0.1) is 0 Å². The number of hydrogen-bond donors (Lipinski definition) is 0. The molecule has 1 amide bonds. The maximum atomic E-state index is 13.0. The second kappa shape index (κ2) is 7.02. The van der Waals surface area contributed by atoms with Crippen molar-refractivity contribution in [3.63, 3.8) is 0 Å². The average molecular weight is 365 g/mol. The first-order valence-electron chi connectivity index (χ1n) is 9.28. The molecule has 0 aliphatic carbocycles. The monoisotopic (exact) mass is 365 g/mol. The van der Waals surface area contributed by atoms with Crippen LogP contribution in [-0.2, 0) is 11.2 Å². The van der Waals surface area contributed by atoms with Crippen LogP contribution in [0.4, 0.5) is 0 Å². The number of hydrogen-bond acceptors (Lipinski definition) is 5. The molecule has 3 aromatic rings. The molecule has 1 aromatic carbocycles. The number of aryl methyl sites for hydroxylation is 3. The molecule has 0 N–H and O–H groups in total. The molecule has 1 aliphatic heterocycles. The molecule has 0 spiro atoms. The van der Waals surface area contributed by atoms with Crippen molar-refractivity contribution < 1.29 is 13.7 Å². The van der Waals surface area contributed by atoms with Crippen LogP contribution in [0.2, 0.25) is 0 Å². The highest BCUT2D eigenvalue weighted by molar-refractivity contribution is 5.79. The smallest absolute Gasteiger partial charge is 0.229 e. The lowest BCUT2D eigenvalue weighted by atomic mass is 10.0. The minimum absolute atomic E-state index is 0.0320. The van der Waals surface area contributed by atoms with Gasteiger partial charge >= 0.3 is 0 Å². The van der Waals surface area contributed by atoms with E-state index in [0.29, 0.717) is 17.3 Å². The van der Waals surface area contributed by atoms with Crippen molar-refractivity contribution in [2.75, 3.05) is 6.54 Å². The molecule has 0 saturated carbocycles. The molecule has 27 heavy (non-hydrogen) atoms. The summed E-state index contributed by atoms with van der Waals surface area (Å²) in [6, 6.07) is 9.77. The van der Waals surface area contributed by atoms with Crippen LogP contribution in [0.5, 0.6) is 0 Å². The van der Waals surface area contributed by atoms with Gasteiger partial charge in [-0.25, -0.2) is 4.98 Å². The lowest BCUT2D eigenvalue weighted by molar-refractivity contribution is -0.131. The zero-order chi connectivity index (χ0) is 19.0. The largest absolute Gasteiger partial charge is 0.441 e. The molecule has 1 aliphatic rings. The van der Waals surface area contributed by atoms with E-state index in [1.165, 1.54) is 0 Å². The van der Waals surface area contributed by atoms with Gasteiger partial charge in [-0.05, 0) is 45.7 Å². The van der Waals surface area contributed by atoms with E-state index >= 15 is 0 Å². The maximum absolute atomic E-state index is 13.0. The first-order valence-corrected chi connectivity index (χ1v) is 9.28. The van der Waals surface area contributed by atoms with Crippen molar-refractivity contribution in [2.24, 2.45) is 0 Å². The number of amides is 1. The van der Waals surface area contributed by atoms with Gasteiger partial charge < -0.3 is 13.8 Å². The summed E-state index contributed by atoms with van der Waals surface area (Å²) < 4.78 is 11.1. The number of carbonyl (C=O) groups excluding carboxylic acids is 1. The van der Waals surface area contributed by atoms with E-state index in [1.54, 1.807) is 0 Å². The predicted molar refractivity (Wildman–Crippen MR) is 100 cm³/mol. The lowest BCUT2D eigenvalue weighted by Gasteiger charge is -2.24. The highest BCUT2D eigenvalue weighted by Crippen LogP contribution is 2.36. The number of carbonyl (C=O) groups is 1. The van der Waals surface area contributed by atoms with E-state index in [9.17, 15) is 4.79 Å². The fourth-order valence-corrected chi connectivity index (χ4v) is 3.87. The van der Waals surface area contributed by atoms with Crippen LogP contribution < -0.4 is 0 Å².